The molecule has 152 valence electrons. The number of hydrogen-bond acceptors (Lipinski definition) is 3. The molecule has 1 atom stereocenters. The number of nitrogens with zero attached hydrogens (tertiary/aromatic N) is 1. The number of hydrogen-bond donors (Lipinski definition) is 2. The third kappa shape index (κ3) is 3.35. The van der Waals surface area contributed by atoms with Crippen molar-refractivity contribution in [2.24, 2.45) is 0 Å². The quantitative estimate of drug-likeness (QED) is 0.683. The normalized spacial score (nSPS) is 17.7. The lowest BCUT2D eigenvalue weighted by atomic mass is 9.87. The van der Waals surface area contributed by atoms with E-state index >= 15 is 0 Å². The van der Waals surface area contributed by atoms with E-state index in [1.165, 1.54) is 23.1 Å². The van der Waals surface area contributed by atoms with Gasteiger partial charge in [-0.05, 0) is 42.3 Å². The van der Waals surface area contributed by atoms with E-state index in [1.807, 2.05) is 25.1 Å². The maximum Gasteiger partial charge on any atom is 0.268 e. The molecule has 1 aliphatic heterocycles. The monoisotopic (exact) mass is 404 g/mol. The Morgan fingerprint density at radius 1 is 1.07 bits per heavy atom. The van der Waals surface area contributed by atoms with E-state index in [9.17, 15) is 19.1 Å². The molecular weight excluding hydrogens is 383 g/mol. The summed E-state index contributed by atoms with van der Waals surface area (Å²) in [4.78, 5) is 27.2. The van der Waals surface area contributed by atoms with Crippen molar-refractivity contribution in [1.82, 2.24) is 0 Å². The molecular formula is C24H21FN2O3. The van der Waals surface area contributed by atoms with Crippen molar-refractivity contribution < 1.29 is 19.1 Å². The zero-order valence-electron chi connectivity index (χ0n) is 16.4. The minimum Gasteiger partial charge on any atom is -0.372 e. The molecule has 0 spiro atoms. The van der Waals surface area contributed by atoms with Crippen LogP contribution in [0.25, 0.3) is 0 Å². The van der Waals surface area contributed by atoms with Crippen LogP contribution in [0.15, 0.2) is 72.8 Å². The third-order valence-electron chi connectivity index (χ3n) is 5.30. The van der Waals surface area contributed by atoms with Crippen molar-refractivity contribution in [3.8, 4) is 0 Å². The molecule has 1 heterocycles. The van der Waals surface area contributed by atoms with Gasteiger partial charge in [-0.1, -0.05) is 49.4 Å². The molecule has 1 aliphatic rings. The highest BCUT2D eigenvalue weighted by Crippen LogP contribution is 2.44. The Bertz CT molecular complexity index is 1130. The summed E-state index contributed by atoms with van der Waals surface area (Å²) in [7, 11) is 0. The second-order valence-corrected chi connectivity index (χ2v) is 7.23. The Morgan fingerprint density at radius 3 is 2.60 bits per heavy atom. The second kappa shape index (κ2) is 7.72. The summed E-state index contributed by atoms with van der Waals surface area (Å²) >= 11 is 0. The molecule has 0 aromatic heterocycles. The van der Waals surface area contributed by atoms with Crippen LogP contribution in [0.5, 0.6) is 0 Å². The van der Waals surface area contributed by atoms with Gasteiger partial charge in [0, 0.05) is 16.8 Å². The number of halogens is 1. The van der Waals surface area contributed by atoms with Crippen molar-refractivity contribution in [1.29, 1.82) is 0 Å². The first-order valence-corrected chi connectivity index (χ1v) is 9.72. The summed E-state index contributed by atoms with van der Waals surface area (Å²) < 4.78 is 13.8. The fourth-order valence-corrected chi connectivity index (χ4v) is 3.80. The Morgan fingerprint density at radius 2 is 1.83 bits per heavy atom. The average Bonchev–Trinajstić information content (AvgIpc) is 2.97. The summed E-state index contributed by atoms with van der Waals surface area (Å²) in [6, 6.07) is 19.5. The number of benzene rings is 3. The van der Waals surface area contributed by atoms with Gasteiger partial charge in [0.15, 0.2) is 5.60 Å². The van der Waals surface area contributed by atoms with Gasteiger partial charge < -0.3 is 10.4 Å². The van der Waals surface area contributed by atoms with Gasteiger partial charge >= 0.3 is 0 Å². The van der Waals surface area contributed by atoms with E-state index < -0.39 is 23.2 Å². The van der Waals surface area contributed by atoms with Crippen molar-refractivity contribution in [3.05, 3.63) is 95.3 Å². The van der Waals surface area contributed by atoms with Gasteiger partial charge in [0.2, 0.25) is 5.91 Å². The molecule has 0 radical (unpaired) electrons. The van der Waals surface area contributed by atoms with Gasteiger partial charge in [0.05, 0.1) is 5.69 Å². The van der Waals surface area contributed by atoms with E-state index in [4.69, 9.17) is 0 Å². The zero-order valence-corrected chi connectivity index (χ0v) is 16.4. The molecule has 0 aliphatic carbocycles. The van der Waals surface area contributed by atoms with Crippen LogP contribution in [0.1, 0.15) is 23.6 Å². The molecule has 0 bridgehead atoms. The Kier molecular flexibility index (Phi) is 5.10. The standard InChI is InChI=1S/C24H21FN2O3/c1-2-16-7-5-10-19(13-16)26-22(28)15-27-21-12-4-3-11-20(21)24(30,23(27)29)17-8-6-9-18(25)14-17/h3-14,30H,2,15H2,1H3,(H,26,28)/t24-/m0/s1. The van der Waals surface area contributed by atoms with Crippen LogP contribution in [0.4, 0.5) is 15.8 Å². The molecule has 0 saturated heterocycles. The van der Waals surface area contributed by atoms with Crippen molar-refractivity contribution in [3.63, 3.8) is 0 Å². The summed E-state index contributed by atoms with van der Waals surface area (Å²) in [6.07, 6.45) is 0.836. The first kappa shape index (κ1) is 19.8. The van der Waals surface area contributed by atoms with Crippen LogP contribution in [-0.4, -0.2) is 23.5 Å². The number of nitrogens with one attached hydrogen (secondary N) is 1. The Labute approximate surface area is 173 Å². The van der Waals surface area contributed by atoms with E-state index in [0.29, 0.717) is 16.9 Å². The third-order valence-corrected chi connectivity index (χ3v) is 5.30. The average molecular weight is 404 g/mol. The minimum absolute atomic E-state index is 0.124. The first-order chi connectivity index (χ1) is 14.4. The predicted molar refractivity (Wildman–Crippen MR) is 113 cm³/mol. The molecule has 0 fully saturated rings. The molecule has 6 heteroatoms. The zero-order chi connectivity index (χ0) is 21.3. The second-order valence-electron chi connectivity index (χ2n) is 7.23. The van der Waals surface area contributed by atoms with Crippen LogP contribution >= 0.6 is 0 Å². The number of fused-ring (bicyclic) bond motifs is 1. The number of aryl methyl sites for hydroxylation is 1. The van der Waals surface area contributed by atoms with Crippen molar-refractivity contribution in [2.75, 3.05) is 16.8 Å². The van der Waals surface area contributed by atoms with Gasteiger partial charge in [-0.25, -0.2) is 4.39 Å². The number of rotatable bonds is 5. The predicted octanol–water partition coefficient (Wildman–Crippen LogP) is 3.61. The fraction of sp³-hybridized carbons (Fsp3) is 0.167. The van der Waals surface area contributed by atoms with E-state index in [-0.39, 0.29) is 12.1 Å². The SMILES string of the molecule is CCc1cccc(NC(=O)CN2C(=O)[C@](O)(c3cccc(F)c3)c3ccccc32)c1. The van der Waals surface area contributed by atoms with Crippen LogP contribution in [0.3, 0.4) is 0 Å². The van der Waals surface area contributed by atoms with Crippen LogP contribution in [-0.2, 0) is 21.6 Å². The topological polar surface area (TPSA) is 69.6 Å². The van der Waals surface area contributed by atoms with Crippen LogP contribution in [0, 0.1) is 5.82 Å². The molecule has 4 rings (SSSR count). The van der Waals surface area contributed by atoms with E-state index in [1.54, 1.807) is 30.3 Å². The smallest absolute Gasteiger partial charge is 0.268 e. The lowest BCUT2D eigenvalue weighted by molar-refractivity contribution is -0.133. The Hall–Kier alpha value is -3.51. The molecule has 2 N–H and O–H groups in total. The number of para-hydroxylation sites is 1. The van der Waals surface area contributed by atoms with Gasteiger partial charge in [0.25, 0.3) is 5.91 Å². The highest BCUT2D eigenvalue weighted by molar-refractivity contribution is 6.12. The van der Waals surface area contributed by atoms with E-state index in [0.717, 1.165) is 18.1 Å². The molecule has 0 saturated carbocycles. The molecule has 3 aromatic carbocycles. The number of carbonyl (C=O) groups excluding carboxylic acids is 2. The number of aliphatic hydroxyl groups is 1. The summed E-state index contributed by atoms with van der Waals surface area (Å²) in [5.41, 5.74) is 0.531. The van der Waals surface area contributed by atoms with Crippen molar-refractivity contribution in [2.45, 2.75) is 18.9 Å². The molecule has 5 nitrogen and oxygen atoms in total. The van der Waals surface area contributed by atoms with Gasteiger partial charge in [0.1, 0.15) is 12.4 Å². The first-order valence-electron chi connectivity index (χ1n) is 9.72. The molecule has 30 heavy (non-hydrogen) atoms. The Balaban J connectivity index is 1.64. The van der Waals surface area contributed by atoms with Crippen LogP contribution in [0.2, 0.25) is 0 Å². The van der Waals surface area contributed by atoms with Gasteiger partial charge in [-0.15, -0.1) is 0 Å². The number of anilines is 2. The lowest BCUT2D eigenvalue weighted by Crippen LogP contribution is -2.44. The lowest BCUT2D eigenvalue weighted by Gasteiger charge is -2.23. The number of amides is 2. The molecule has 0 unspecified atom stereocenters. The highest BCUT2D eigenvalue weighted by Gasteiger charge is 2.51. The summed E-state index contributed by atoms with van der Waals surface area (Å²) in [5.74, 6) is -1.64. The molecule has 3 aromatic rings. The maximum absolute atomic E-state index is 13.8. The summed E-state index contributed by atoms with van der Waals surface area (Å²) in [5, 5.41) is 14.2. The van der Waals surface area contributed by atoms with Gasteiger partial charge in [-0.3, -0.25) is 14.5 Å². The fourth-order valence-electron chi connectivity index (χ4n) is 3.80. The summed E-state index contributed by atoms with van der Waals surface area (Å²) in [6.45, 7) is 1.75. The maximum atomic E-state index is 13.8. The number of carbonyl (C=O) groups is 2. The van der Waals surface area contributed by atoms with E-state index in [2.05, 4.69) is 5.32 Å². The molecule has 2 amide bonds. The van der Waals surface area contributed by atoms with Gasteiger partial charge in [-0.2, -0.15) is 0 Å². The highest BCUT2D eigenvalue weighted by atomic mass is 19.1. The minimum atomic E-state index is -2.05. The van der Waals surface area contributed by atoms with Crippen molar-refractivity contribution >= 4 is 23.2 Å². The largest absolute Gasteiger partial charge is 0.372 e. The van der Waals surface area contributed by atoms with Crippen LogP contribution < -0.4 is 10.2 Å².